The molecule has 5 atom stereocenters. The first-order chi connectivity index (χ1) is 27.9. The van der Waals surface area contributed by atoms with Crippen LogP contribution in [0.1, 0.15) is 135 Å². The van der Waals surface area contributed by atoms with Gasteiger partial charge in [-0.05, 0) is 66.1 Å². The Hall–Kier alpha value is -4.25. The number of rotatable bonds is 18. The van der Waals surface area contributed by atoms with Gasteiger partial charge in [0.2, 0.25) is 0 Å². The number of thiophene rings is 1. The predicted molar refractivity (Wildman–Crippen MR) is 231 cm³/mol. The largest absolute Gasteiger partial charge is 0.494 e. The highest BCUT2D eigenvalue weighted by molar-refractivity contribution is 7.13. The van der Waals surface area contributed by atoms with Gasteiger partial charge in [0.05, 0.1) is 23.9 Å². The average molecular weight is 790 g/mol. The van der Waals surface area contributed by atoms with Gasteiger partial charge in [-0.3, -0.25) is 4.99 Å². The molecule has 2 aromatic heterocycles. The van der Waals surface area contributed by atoms with Gasteiger partial charge in [-0.1, -0.05) is 133 Å². The third kappa shape index (κ3) is 10.1. The number of benzene rings is 2. The van der Waals surface area contributed by atoms with Crippen LogP contribution in [-0.4, -0.2) is 62.1 Å². The lowest BCUT2D eigenvalue weighted by Gasteiger charge is -2.17. The maximum absolute atomic E-state index is 11.4. The summed E-state index contributed by atoms with van der Waals surface area (Å²) in [7, 11) is 0. The third-order valence-electron chi connectivity index (χ3n) is 11.5. The van der Waals surface area contributed by atoms with E-state index >= 15 is 0 Å². The fourth-order valence-corrected chi connectivity index (χ4v) is 9.45. The maximum atomic E-state index is 11.4. The highest BCUT2D eigenvalue weighted by Crippen LogP contribution is 2.42. The number of aliphatic hydroxyl groups is 4. The van der Waals surface area contributed by atoms with E-state index in [1.54, 1.807) is 17.4 Å². The fraction of sp³-hybridized carbons (Fsp3) is 0.438. The summed E-state index contributed by atoms with van der Waals surface area (Å²) in [6.07, 6.45) is 16.9. The predicted octanol–water partition coefficient (Wildman–Crippen LogP) is 9.62. The molecule has 2 aromatic carbocycles. The minimum atomic E-state index is -1.31. The number of hydrogen-bond acceptors (Lipinski definition) is 8. The summed E-state index contributed by atoms with van der Waals surface area (Å²) in [6.45, 7) is 2.98. The molecule has 8 bridgehead atoms. The van der Waals surface area contributed by atoms with Crippen molar-refractivity contribution in [3.63, 3.8) is 0 Å². The van der Waals surface area contributed by atoms with Crippen molar-refractivity contribution in [3.05, 3.63) is 134 Å². The number of H-pyrrole nitrogens is 1. The van der Waals surface area contributed by atoms with Crippen molar-refractivity contribution in [2.45, 2.75) is 127 Å². The van der Waals surface area contributed by atoms with Gasteiger partial charge in [-0.2, -0.15) is 0 Å². The van der Waals surface area contributed by atoms with Crippen LogP contribution in [0, 0.1) is 0 Å². The molecule has 0 amide bonds. The molecule has 302 valence electrons. The monoisotopic (exact) mass is 789 g/mol. The van der Waals surface area contributed by atoms with Gasteiger partial charge in [-0.25, -0.2) is 0 Å². The van der Waals surface area contributed by atoms with Crippen LogP contribution in [0.15, 0.2) is 107 Å². The van der Waals surface area contributed by atoms with Crippen LogP contribution in [0.5, 0.6) is 5.75 Å². The molecular weight excluding hydrogens is 731 g/mol. The van der Waals surface area contributed by atoms with Crippen LogP contribution in [0.3, 0.4) is 0 Å². The number of nitrogens with one attached hydrogen (secondary N) is 2. The van der Waals surface area contributed by atoms with Crippen molar-refractivity contribution in [3.8, 4) is 5.75 Å². The molecule has 0 spiro atoms. The molecule has 5 unspecified atom stereocenters. The topological polar surface area (TPSA) is 130 Å². The normalized spacial score (nSPS) is 21.6. The molecule has 1 fully saturated rings. The van der Waals surface area contributed by atoms with Crippen molar-refractivity contribution in [2.75, 3.05) is 6.61 Å². The van der Waals surface area contributed by atoms with Gasteiger partial charge in [0, 0.05) is 38.1 Å². The summed E-state index contributed by atoms with van der Waals surface area (Å²) < 4.78 is 6.20. The molecule has 0 saturated carbocycles. The molecule has 9 heteroatoms. The van der Waals surface area contributed by atoms with Crippen molar-refractivity contribution < 1.29 is 25.2 Å². The maximum Gasteiger partial charge on any atom is 0.128 e. The van der Waals surface area contributed by atoms with Crippen LogP contribution in [0.2, 0.25) is 0 Å². The van der Waals surface area contributed by atoms with E-state index in [-0.39, 0.29) is 11.6 Å². The van der Waals surface area contributed by atoms with Crippen LogP contribution < -0.4 is 10.1 Å². The molecular formula is C48H59N3O5S. The first kappa shape index (κ1) is 40.9. The van der Waals surface area contributed by atoms with E-state index in [9.17, 15) is 20.4 Å². The number of hydrogen-bond donors (Lipinski definition) is 6. The number of ether oxygens (including phenoxy) is 1. The summed E-state index contributed by atoms with van der Waals surface area (Å²) >= 11 is 1.63. The highest BCUT2D eigenvalue weighted by atomic mass is 32.1. The zero-order valence-corrected chi connectivity index (χ0v) is 34.0. The molecule has 7 rings (SSSR count). The number of aliphatic hydroxyl groups excluding tert-OH is 4. The Bertz CT molecular complexity index is 2030. The van der Waals surface area contributed by atoms with Gasteiger partial charge in [0.25, 0.3) is 0 Å². The van der Waals surface area contributed by atoms with Gasteiger partial charge < -0.3 is 35.5 Å². The molecule has 57 heavy (non-hydrogen) atoms. The Kier molecular flexibility index (Phi) is 14.3. The second kappa shape index (κ2) is 19.9. The smallest absolute Gasteiger partial charge is 0.128 e. The average Bonchev–Trinajstić information content (AvgIpc) is 4.01. The van der Waals surface area contributed by atoms with Gasteiger partial charge in [0.15, 0.2) is 0 Å². The molecule has 0 radical (unpaired) electrons. The number of unbranched alkanes of at least 4 members (excludes halogenated alkanes) is 13. The second-order valence-corrected chi connectivity index (χ2v) is 16.9. The lowest BCUT2D eigenvalue weighted by Crippen LogP contribution is -2.29. The van der Waals surface area contributed by atoms with Crippen LogP contribution in [0.25, 0.3) is 11.6 Å². The number of aromatic nitrogens is 1. The summed E-state index contributed by atoms with van der Waals surface area (Å²) in [5, 5.41) is 47.7. The fourth-order valence-electron chi connectivity index (χ4n) is 8.21. The van der Waals surface area contributed by atoms with E-state index < -0.39 is 24.4 Å². The van der Waals surface area contributed by atoms with Crippen molar-refractivity contribution in [1.82, 2.24) is 10.3 Å². The summed E-state index contributed by atoms with van der Waals surface area (Å²) in [4.78, 5) is 10.3. The molecule has 8 nitrogen and oxygen atoms in total. The van der Waals surface area contributed by atoms with Crippen LogP contribution in [-0.2, 0) is 0 Å². The summed E-state index contributed by atoms with van der Waals surface area (Å²) in [5.74, 6) is 0.694. The minimum Gasteiger partial charge on any atom is -0.494 e. The SMILES string of the molecule is CCCCCCCCCCCCCCCCOc1ccc(C2c3ccc([nH]3)C=C3NC(=CC4=NC(=C(c5ccccc5)c5ccc2s5)C(O)C4O)C(O)C3O)cc1. The molecule has 3 aliphatic heterocycles. The quantitative estimate of drug-likeness (QED) is 0.0557. The molecule has 4 aromatic rings. The van der Waals surface area contributed by atoms with E-state index in [4.69, 9.17) is 9.73 Å². The Morgan fingerprint density at radius 3 is 1.93 bits per heavy atom. The first-order valence-electron chi connectivity index (χ1n) is 21.2. The number of fused-ring (bicyclic) bond motifs is 7. The van der Waals surface area contributed by atoms with Crippen molar-refractivity contribution >= 4 is 28.7 Å². The van der Waals surface area contributed by atoms with Crippen molar-refractivity contribution in [1.29, 1.82) is 0 Å². The zero-order chi connectivity index (χ0) is 39.6. The molecule has 3 aliphatic rings. The second-order valence-electron chi connectivity index (χ2n) is 15.8. The lowest BCUT2D eigenvalue weighted by atomic mass is 9.94. The molecule has 6 N–H and O–H groups in total. The molecule has 5 heterocycles. The van der Waals surface area contributed by atoms with Gasteiger partial charge in [0.1, 0.15) is 30.2 Å². The van der Waals surface area contributed by atoms with E-state index in [0.29, 0.717) is 23.7 Å². The van der Waals surface area contributed by atoms with E-state index in [0.717, 1.165) is 50.0 Å². The van der Waals surface area contributed by atoms with Gasteiger partial charge >= 0.3 is 0 Å². The van der Waals surface area contributed by atoms with E-state index in [1.165, 1.54) is 89.5 Å². The minimum absolute atomic E-state index is 0.161. The standard InChI is InChI=1S/C48H59N3O5S/c1-2-3-4-5-6-7-8-9-10-11-12-13-14-18-29-56-35-24-21-33(22-25-35)42-36-26-23-34(49-36)30-37-45(52)46(53)38(50-37)31-39-47(54)48(55)44(51-39)43(32-19-16-15-17-20-32)41-28-27-40(42)57-41/h15-17,19-28,30-31,42,45-50,52-55H,2-14,18,29H2,1H3. The number of nitrogens with zero attached hydrogens (tertiary/aromatic N) is 1. The Morgan fingerprint density at radius 2 is 1.26 bits per heavy atom. The Balaban J connectivity index is 1.06. The summed E-state index contributed by atoms with van der Waals surface area (Å²) in [6, 6.07) is 26.4. The molecule has 1 saturated heterocycles. The lowest BCUT2D eigenvalue weighted by molar-refractivity contribution is 0.0810. The zero-order valence-electron chi connectivity index (χ0n) is 33.2. The van der Waals surface area contributed by atoms with Crippen LogP contribution in [0.4, 0.5) is 0 Å². The third-order valence-corrected chi connectivity index (χ3v) is 12.6. The number of aliphatic imine (C=N–C) groups is 1. The van der Waals surface area contributed by atoms with Crippen LogP contribution >= 0.6 is 11.3 Å². The van der Waals surface area contributed by atoms with E-state index in [1.807, 2.05) is 36.4 Å². The Labute approximate surface area is 341 Å². The van der Waals surface area contributed by atoms with Gasteiger partial charge in [-0.15, -0.1) is 11.3 Å². The first-order valence-corrected chi connectivity index (χ1v) is 22.1. The van der Waals surface area contributed by atoms with E-state index in [2.05, 4.69) is 59.7 Å². The number of aromatic amines is 1. The molecule has 0 aliphatic carbocycles. The highest BCUT2D eigenvalue weighted by Gasteiger charge is 2.38. The Morgan fingerprint density at radius 1 is 0.632 bits per heavy atom. The van der Waals surface area contributed by atoms with Crippen molar-refractivity contribution in [2.24, 2.45) is 4.99 Å². The summed E-state index contributed by atoms with van der Waals surface area (Å²) in [5.41, 5.74) is 5.68.